The van der Waals surface area contributed by atoms with Crippen molar-refractivity contribution in [2.24, 2.45) is 35.5 Å². The van der Waals surface area contributed by atoms with Crippen molar-refractivity contribution in [3.8, 4) is 0 Å². The standard InChI is InChI=1S/C29H36FNO4/c30-25-6-4-18(5-7-25)16-31(29-13-19-8-20(14-29)10-21(9-19)15-29)26(32)17-35-28(34)24-11-22-2-1-3-23(12-24)27(22)33/h4-7,19-24H,1-3,8-17H2/t19?,20?,21?,22-,23-,29?/m1/s1. The lowest BCUT2D eigenvalue weighted by molar-refractivity contribution is -0.167. The minimum Gasteiger partial charge on any atom is -0.455 e. The molecule has 6 saturated carbocycles. The van der Waals surface area contributed by atoms with Crippen LogP contribution in [-0.2, 0) is 25.7 Å². The number of hydrogen-bond acceptors (Lipinski definition) is 4. The van der Waals surface area contributed by atoms with E-state index >= 15 is 0 Å². The van der Waals surface area contributed by atoms with Crippen LogP contribution in [0.15, 0.2) is 24.3 Å². The first kappa shape index (κ1) is 23.2. The zero-order valence-electron chi connectivity index (χ0n) is 20.4. The molecule has 5 nitrogen and oxygen atoms in total. The normalized spacial score (nSPS) is 37.2. The molecule has 6 aliphatic rings. The second-order valence-corrected chi connectivity index (χ2v) is 12.3. The lowest BCUT2D eigenvalue weighted by Crippen LogP contribution is -2.61. The maximum Gasteiger partial charge on any atom is 0.309 e. The smallest absolute Gasteiger partial charge is 0.309 e. The van der Waals surface area contributed by atoms with Gasteiger partial charge >= 0.3 is 5.97 Å². The van der Waals surface area contributed by atoms with E-state index in [1.807, 2.05) is 4.90 Å². The van der Waals surface area contributed by atoms with Crippen LogP contribution in [0.3, 0.4) is 0 Å². The second-order valence-electron chi connectivity index (χ2n) is 12.3. The van der Waals surface area contributed by atoms with Crippen molar-refractivity contribution < 1.29 is 23.5 Å². The Kier molecular flexibility index (Phi) is 5.96. The van der Waals surface area contributed by atoms with Crippen LogP contribution < -0.4 is 0 Å². The lowest BCUT2D eigenvalue weighted by atomic mass is 9.52. The molecule has 1 aromatic carbocycles. The molecule has 6 bridgehead atoms. The highest BCUT2D eigenvalue weighted by Gasteiger charge is 2.54. The van der Waals surface area contributed by atoms with Crippen LogP contribution in [0.1, 0.15) is 76.2 Å². The number of amides is 1. The van der Waals surface area contributed by atoms with Gasteiger partial charge in [0.25, 0.3) is 5.91 Å². The maximum atomic E-state index is 13.7. The lowest BCUT2D eigenvalue weighted by Gasteiger charge is -2.60. The van der Waals surface area contributed by atoms with Gasteiger partial charge in [-0.2, -0.15) is 0 Å². The molecule has 2 atom stereocenters. The van der Waals surface area contributed by atoms with E-state index in [2.05, 4.69) is 0 Å². The van der Waals surface area contributed by atoms with Crippen molar-refractivity contribution in [3.63, 3.8) is 0 Å². The quantitative estimate of drug-likeness (QED) is 0.533. The summed E-state index contributed by atoms with van der Waals surface area (Å²) < 4.78 is 19.2. The Morgan fingerprint density at radius 3 is 2.06 bits per heavy atom. The summed E-state index contributed by atoms with van der Waals surface area (Å²) in [4.78, 5) is 41.0. The average Bonchev–Trinajstić information content (AvgIpc) is 2.81. The molecule has 7 rings (SSSR count). The van der Waals surface area contributed by atoms with Gasteiger partial charge in [0.1, 0.15) is 11.6 Å². The summed E-state index contributed by atoms with van der Waals surface area (Å²) in [6.45, 7) is 0.173. The molecule has 0 radical (unpaired) electrons. The molecule has 0 aliphatic heterocycles. The summed E-state index contributed by atoms with van der Waals surface area (Å²) in [6, 6.07) is 6.39. The highest BCUT2D eigenvalue weighted by Crippen LogP contribution is 2.58. The number of hydrogen-bond donors (Lipinski definition) is 0. The minimum absolute atomic E-state index is 0.0160. The van der Waals surface area contributed by atoms with Gasteiger partial charge in [-0.15, -0.1) is 0 Å². The third kappa shape index (κ3) is 4.42. The number of benzene rings is 1. The topological polar surface area (TPSA) is 63.7 Å². The van der Waals surface area contributed by atoms with Gasteiger partial charge in [-0.25, -0.2) is 4.39 Å². The first-order valence-corrected chi connectivity index (χ1v) is 13.6. The molecule has 0 aromatic heterocycles. The third-order valence-corrected chi connectivity index (χ3v) is 9.85. The molecule has 0 unspecified atom stereocenters. The maximum absolute atomic E-state index is 13.7. The summed E-state index contributed by atoms with van der Waals surface area (Å²) in [7, 11) is 0. The largest absolute Gasteiger partial charge is 0.455 e. The number of esters is 1. The van der Waals surface area contributed by atoms with Crippen LogP contribution in [0.4, 0.5) is 4.39 Å². The molecule has 0 spiro atoms. The predicted molar refractivity (Wildman–Crippen MR) is 127 cm³/mol. The van der Waals surface area contributed by atoms with E-state index in [0.29, 0.717) is 42.9 Å². The number of carbonyl (C=O) groups is 3. The van der Waals surface area contributed by atoms with Crippen molar-refractivity contribution in [1.29, 1.82) is 0 Å². The monoisotopic (exact) mass is 481 g/mol. The number of rotatable bonds is 6. The molecule has 35 heavy (non-hydrogen) atoms. The number of Topliss-reactive ketones (excluding diaryl/α,β-unsaturated/α-hetero) is 1. The SMILES string of the molecule is O=C(OCC(=O)N(Cc1ccc(F)cc1)C12CC3CC(CC(C3)C1)C2)C1C[C@H]2CCC[C@H](C1)C2=O. The second kappa shape index (κ2) is 9.01. The Morgan fingerprint density at radius 1 is 0.914 bits per heavy atom. The summed E-state index contributed by atoms with van der Waals surface area (Å²) in [5.41, 5.74) is 0.724. The number of carbonyl (C=O) groups excluding carboxylic acids is 3. The van der Waals surface area contributed by atoms with Gasteiger partial charge in [-0.1, -0.05) is 18.6 Å². The molecule has 0 heterocycles. The van der Waals surface area contributed by atoms with Crippen molar-refractivity contribution in [1.82, 2.24) is 4.90 Å². The van der Waals surface area contributed by atoms with Crippen LogP contribution in [0.25, 0.3) is 0 Å². The van der Waals surface area contributed by atoms with Crippen molar-refractivity contribution in [2.75, 3.05) is 6.61 Å². The number of nitrogens with zero attached hydrogens (tertiary/aromatic N) is 1. The first-order chi connectivity index (χ1) is 16.9. The fraction of sp³-hybridized carbons (Fsp3) is 0.690. The highest BCUT2D eigenvalue weighted by atomic mass is 19.1. The average molecular weight is 482 g/mol. The predicted octanol–water partition coefficient (Wildman–Crippen LogP) is 5.06. The van der Waals surface area contributed by atoms with Gasteiger partial charge in [0.15, 0.2) is 6.61 Å². The van der Waals surface area contributed by atoms with Gasteiger partial charge in [-0.05, 0) is 99.7 Å². The van der Waals surface area contributed by atoms with Crippen LogP contribution >= 0.6 is 0 Å². The molecule has 1 aromatic rings. The van der Waals surface area contributed by atoms with Crippen molar-refractivity contribution in [2.45, 2.75) is 82.7 Å². The number of ether oxygens (including phenoxy) is 1. The van der Waals surface area contributed by atoms with Crippen molar-refractivity contribution in [3.05, 3.63) is 35.6 Å². The van der Waals surface area contributed by atoms with Gasteiger partial charge in [-0.3, -0.25) is 14.4 Å². The number of fused-ring (bicyclic) bond motifs is 2. The number of ketones is 1. The summed E-state index contributed by atoms with van der Waals surface area (Å²) in [6.07, 6.45) is 10.8. The summed E-state index contributed by atoms with van der Waals surface area (Å²) in [5, 5.41) is 0. The first-order valence-electron chi connectivity index (χ1n) is 13.6. The molecule has 0 N–H and O–H groups in total. The Bertz CT molecular complexity index is 953. The van der Waals surface area contributed by atoms with E-state index in [-0.39, 0.29) is 47.6 Å². The Hall–Kier alpha value is -2.24. The molecular weight excluding hydrogens is 445 g/mol. The van der Waals surface area contributed by atoms with E-state index in [9.17, 15) is 18.8 Å². The molecule has 6 fully saturated rings. The summed E-state index contributed by atoms with van der Waals surface area (Å²) >= 11 is 0. The molecule has 6 heteroatoms. The summed E-state index contributed by atoms with van der Waals surface area (Å²) in [5.74, 6) is 1.28. The van der Waals surface area contributed by atoms with Crippen LogP contribution in [0.5, 0.6) is 0 Å². The third-order valence-electron chi connectivity index (χ3n) is 9.85. The van der Waals surface area contributed by atoms with Crippen LogP contribution in [0.2, 0.25) is 0 Å². The Balaban J connectivity index is 1.17. The van der Waals surface area contributed by atoms with E-state index in [0.717, 1.165) is 44.1 Å². The van der Waals surface area contributed by atoms with Crippen molar-refractivity contribution >= 4 is 17.7 Å². The molecule has 6 aliphatic carbocycles. The van der Waals surface area contributed by atoms with Crippen LogP contribution in [0, 0.1) is 41.3 Å². The fourth-order valence-electron chi connectivity index (χ4n) is 8.69. The highest BCUT2D eigenvalue weighted by molar-refractivity contribution is 5.88. The minimum atomic E-state index is -0.324. The Morgan fingerprint density at radius 2 is 1.49 bits per heavy atom. The van der Waals surface area contributed by atoms with Gasteiger partial charge in [0.2, 0.25) is 0 Å². The van der Waals surface area contributed by atoms with E-state index in [1.54, 1.807) is 12.1 Å². The van der Waals surface area contributed by atoms with Crippen LogP contribution in [-0.4, -0.2) is 34.7 Å². The number of halogens is 1. The molecule has 1 amide bonds. The molecule has 0 saturated heterocycles. The zero-order chi connectivity index (χ0) is 24.2. The van der Waals surface area contributed by atoms with E-state index < -0.39 is 0 Å². The van der Waals surface area contributed by atoms with Gasteiger partial charge in [0, 0.05) is 23.9 Å². The zero-order valence-corrected chi connectivity index (χ0v) is 20.4. The van der Waals surface area contributed by atoms with E-state index in [4.69, 9.17) is 4.74 Å². The molecular formula is C29H36FNO4. The Labute approximate surface area is 206 Å². The van der Waals surface area contributed by atoms with Gasteiger partial charge in [0.05, 0.1) is 5.92 Å². The molecule has 188 valence electrons. The fourth-order valence-corrected chi connectivity index (χ4v) is 8.69. The van der Waals surface area contributed by atoms with E-state index in [1.165, 1.54) is 31.4 Å². The van der Waals surface area contributed by atoms with Gasteiger partial charge < -0.3 is 9.64 Å².